The van der Waals surface area contributed by atoms with E-state index in [4.69, 9.17) is 16.3 Å². The van der Waals surface area contributed by atoms with Crippen molar-refractivity contribution in [1.82, 2.24) is 14.7 Å². The van der Waals surface area contributed by atoms with Crippen LogP contribution < -0.4 is 15.0 Å². The molecule has 0 atom stereocenters. The number of nitrogens with one attached hydrogen (secondary N) is 1. The molecule has 3 heterocycles. The SMILES string of the molecule is COc1cc(-c2cnc(C)c(Cl)c2)c(F)cc1-n1c(=O)ccc2cc(S(=O)(=O)Nc3ccon3)ccc21. The van der Waals surface area contributed by atoms with Gasteiger partial charge < -0.3 is 9.26 Å². The molecule has 1 N–H and O–H groups in total. The first-order valence-electron chi connectivity index (χ1n) is 10.8. The number of hydrogen-bond donors (Lipinski definition) is 1. The van der Waals surface area contributed by atoms with Gasteiger partial charge in [0.15, 0.2) is 5.82 Å². The fourth-order valence-corrected chi connectivity index (χ4v) is 5.05. The van der Waals surface area contributed by atoms with Gasteiger partial charge in [0.05, 0.1) is 33.9 Å². The molecule has 0 bridgehead atoms. The number of methoxy groups -OCH3 is 1. The molecular weight excluding hydrogens is 523 g/mol. The van der Waals surface area contributed by atoms with Gasteiger partial charge in [-0.3, -0.25) is 19.1 Å². The average molecular weight is 541 g/mol. The van der Waals surface area contributed by atoms with Gasteiger partial charge in [0.2, 0.25) is 0 Å². The molecule has 5 aromatic rings. The van der Waals surface area contributed by atoms with Crippen LogP contribution in [0.25, 0.3) is 27.7 Å². The van der Waals surface area contributed by atoms with E-state index in [1.807, 2.05) is 0 Å². The lowest BCUT2D eigenvalue weighted by Gasteiger charge is -2.16. The van der Waals surface area contributed by atoms with Crippen LogP contribution in [0.15, 0.2) is 81.3 Å². The van der Waals surface area contributed by atoms with E-state index in [0.717, 1.165) is 0 Å². The van der Waals surface area contributed by atoms with Crippen LogP contribution in [0, 0.1) is 12.7 Å². The van der Waals surface area contributed by atoms with Crippen molar-refractivity contribution >= 4 is 38.3 Å². The number of halogens is 2. The summed E-state index contributed by atoms with van der Waals surface area (Å²) in [7, 11) is -2.59. The number of aryl methyl sites for hydroxylation is 1. The van der Waals surface area contributed by atoms with Crippen LogP contribution in [0.4, 0.5) is 10.2 Å². The largest absolute Gasteiger partial charge is 0.495 e. The maximum absolute atomic E-state index is 15.4. The van der Waals surface area contributed by atoms with Crippen molar-refractivity contribution in [2.75, 3.05) is 11.8 Å². The van der Waals surface area contributed by atoms with Gasteiger partial charge in [-0.15, -0.1) is 0 Å². The number of sulfonamides is 1. The van der Waals surface area contributed by atoms with E-state index in [1.165, 1.54) is 72.7 Å². The fourth-order valence-electron chi connectivity index (χ4n) is 3.86. The summed E-state index contributed by atoms with van der Waals surface area (Å²) in [6.07, 6.45) is 2.73. The minimum Gasteiger partial charge on any atom is -0.495 e. The molecule has 0 amide bonds. The zero-order chi connectivity index (χ0) is 26.3. The first-order valence-corrected chi connectivity index (χ1v) is 12.6. The molecule has 188 valence electrons. The van der Waals surface area contributed by atoms with Crippen LogP contribution >= 0.6 is 11.6 Å². The molecule has 0 aliphatic heterocycles. The minimum absolute atomic E-state index is 0.0235. The molecule has 9 nitrogen and oxygen atoms in total. The first-order chi connectivity index (χ1) is 17.7. The highest BCUT2D eigenvalue weighted by atomic mass is 35.5. The summed E-state index contributed by atoms with van der Waals surface area (Å²) in [5, 5.41) is 4.35. The lowest BCUT2D eigenvalue weighted by molar-refractivity contribution is 0.412. The van der Waals surface area contributed by atoms with E-state index in [1.54, 1.807) is 13.0 Å². The van der Waals surface area contributed by atoms with Gasteiger partial charge in [-0.25, -0.2) is 12.8 Å². The molecule has 0 saturated heterocycles. The Labute approximate surface area is 215 Å². The molecular formula is C25H18ClFN4O5S. The van der Waals surface area contributed by atoms with Gasteiger partial charge >= 0.3 is 0 Å². The number of aromatic nitrogens is 3. The third-order valence-corrected chi connectivity index (χ3v) is 7.43. The Hall–Kier alpha value is -4.22. The molecule has 0 aliphatic carbocycles. The molecule has 37 heavy (non-hydrogen) atoms. The van der Waals surface area contributed by atoms with Gasteiger partial charge in [0, 0.05) is 40.9 Å². The van der Waals surface area contributed by atoms with E-state index in [0.29, 0.717) is 27.2 Å². The second-order valence-corrected chi connectivity index (χ2v) is 10.1. The fraction of sp³-hybridized carbons (Fsp3) is 0.0800. The van der Waals surface area contributed by atoms with Crippen LogP contribution in [-0.4, -0.2) is 30.2 Å². The molecule has 0 saturated carbocycles. The normalized spacial score (nSPS) is 11.6. The highest BCUT2D eigenvalue weighted by molar-refractivity contribution is 7.92. The Balaban J connectivity index is 1.64. The Kier molecular flexibility index (Phi) is 6.18. The molecule has 0 spiro atoms. The van der Waals surface area contributed by atoms with Crippen molar-refractivity contribution in [1.29, 1.82) is 0 Å². The zero-order valence-electron chi connectivity index (χ0n) is 19.4. The topological polar surface area (TPSA) is 116 Å². The number of ether oxygens (including phenoxy) is 1. The standard InChI is InChI=1S/C25H18ClFN4O5S/c1-14-19(26)10-16(13-28-14)18-11-23(35-2)22(12-20(18)27)31-21-5-4-17(9-15(21)3-6-25(31)32)37(33,34)30-24-7-8-36-29-24/h3-13H,1-2H3,(H,29,30). The average Bonchev–Trinajstić information content (AvgIpc) is 3.37. The van der Waals surface area contributed by atoms with Gasteiger partial charge in [0.25, 0.3) is 15.6 Å². The third kappa shape index (κ3) is 4.54. The quantitative estimate of drug-likeness (QED) is 0.324. The van der Waals surface area contributed by atoms with E-state index in [-0.39, 0.29) is 27.7 Å². The Morgan fingerprint density at radius 1 is 1.11 bits per heavy atom. The van der Waals surface area contributed by atoms with Crippen LogP contribution in [-0.2, 0) is 10.0 Å². The number of benzene rings is 2. The highest BCUT2D eigenvalue weighted by Gasteiger charge is 2.20. The number of nitrogens with zero attached hydrogens (tertiary/aromatic N) is 3. The van der Waals surface area contributed by atoms with Crippen molar-refractivity contribution in [3.8, 4) is 22.6 Å². The Bertz CT molecular complexity index is 1820. The molecule has 12 heteroatoms. The lowest BCUT2D eigenvalue weighted by atomic mass is 10.0. The van der Waals surface area contributed by atoms with Crippen molar-refractivity contribution in [2.24, 2.45) is 0 Å². The number of pyridine rings is 2. The predicted octanol–water partition coefficient (Wildman–Crippen LogP) is 4.95. The Morgan fingerprint density at radius 2 is 1.92 bits per heavy atom. The molecule has 0 fully saturated rings. The van der Waals surface area contributed by atoms with E-state index < -0.39 is 21.4 Å². The third-order valence-electron chi connectivity index (χ3n) is 5.70. The minimum atomic E-state index is -3.99. The van der Waals surface area contributed by atoms with Gasteiger partial charge in [-0.05, 0) is 43.3 Å². The highest BCUT2D eigenvalue weighted by Crippen LogP contribution is 2.34. The molecule has 2 aromatic carbocycles. The summed E-state index contributed by atoms with van der Waals surface area (Å²) in [6.45, 7) is 1.74. The lowest BCUT2D eigenvalue weighted by Crippen LogP contribution is -2.19. The number of rotatable bonds is 6. The Morgan fingerprint density at radius 3 is 2.62 bits per heavy atom. The number of fused-ring (bicyclic) bond motifs is 1. The summed E-state index contributed by atoms with van der Waals surface area (Å²) in [4.78, 5) is 17.1. The summed E-state index contributed by atoms with van der Waals surface area (Å²) in [5.41, 5.74) is 1.26. The molecule has 0 aliphatic rings. The maximum atomic E-state index is 15.4. The van der Waals surface area contributed by atoms with Crippen LogP contribution in [0.5, 0.6) is 5.75 Å². The predicted molar refractivity (Wildman–Crippen MR) is 136 cm³/mol. The second kappa shape index (κ2) is 9.34. The van der Waals surface area contributed by atoms with Crippen LogP contribution in [0.2, 0.25) is 5.02 Å². The first kappa shape index (κ1) is 24.5. The van der Waals surface area contributed by atoms with Gasteiger partial charge in [-0.2, -0.15) is 0 Å². The monoisotopic (exact) mass is 540 g/mol. The summed E-state index contributed by atoms with van der Waals surface area (Å²) in [6, 6.07) is 12.5. The number of anilines is 1. The molecule has 3 aromatic heterocycles. The van der Waals surface area contributed by atoms with Crippen molar-refractivity contribution in [2.45, 2.75) is 11.8 Å². The summed E-state index contributed by atoms with van der Waals surface area (Å²) >= 11 is 6.17. The van der Waals surface area contributed by atoms with Gasteiger partial charge in [0.1, 0.15) is 17.8 Å². The van der Waals surface area contributed by atoms with Crippen molar-refractivity contribution in [3.63, 3.8) is 0 Å². The molecule has 0 radical (unpaired) electrons. The van der Waals surface area contributed by atoms with Crippen LogP contribution in [0.3, 0.4) is 0 Å². The van der Waals surface area contributed by atoms with Crippen LogP contribution in [0.1, 0.15) is 5.69 Å². The number of hydrogen-bond acceptors (Lipinski definition) is 7. The summed E-state index contributed by atoms with van der Waals surface area (Å²) in [5.74, 6) is -0.389. The second-order valence-electron chi connectivity index (χ2n) is 8.01. The van der Waals surface area contributed by atoms with E-state index >= 15 is 4.39 Å². The van der Waals surface area contributed by atoms with Gasteiger partial charge in [-0.1, -0.05) is 16.8 Å². The maximum Gasteiger partial charge on any atom is 0.263 e. The smallest absolute Gasteiger partial charge is 0.263 e. The zero-order valence-corrected chi connectivity index (χ0v) is 21.0. The molecule has 5 rings (SSSR count). The van der Waals surface area contributed by atoms with Crippen molar-refractivity contribution in [3.05, 3.63) is 93.9 Å². The molecule has 0 unspecified atom stereocenters. The van der Waals surface area contributed by atoms with E-state index in [9.17, 15) is 13.2 Å². The van der Waals surface area contributed by atoms with Crippen molar-refractivity contribution < 1.29 is 22.1 Å². The summed E-state index contributed by atoms with van der Waals surface area (Å²) < 4.78 is 54.6. The van der Waals surface area contributed by atoms with E-state index in [2.05, 4.69) is 19.4 Å².